The molecule has 0 radical (unpaired) electrons. The van der Waals surface area contributed by atoms with Crippen LogP contribution in [0.3, 0.4) is 0 Å². The van der Waals surface area contributed by atoms with Crippen molar-refractivity contribution in [3.63, 3.8) is 0 Å². The van der Waals surface area contributed by atoms with Crippen LogP contribution >= 0.6 is 11.6 Å². The summed E-state index contributed by atoms with van der Waals surface area (Å²) >= 11 is 6.13. The van der Waals surface area contributed by atoms with E-state index in [1.54, 1.807) is 12.3 Å². The van der Waals surface area contributed by atoms with Crippen molar-refractivity contribution in [1.29, 1.82) is 0 Å². The molecule has 0 spiro atoms. The number of carbonyl (C=O) groups is 1. The van der Waals surface area contributed by atoms with E-state index in [4.69, 9.17) is 21.0 Å². The number of carbonyl (C=O) groups excluding carboxylic acids is 1. The van der Waals surface area contributed by atoms with Crippen LogP contribution in [0.5, 0.6) is 0 Å². The average Bonchev–Trinajstić information content (AvgIpc) is 3.88. The number of rotatable bonds is 11. The predicted molar refractivity (Wildman–Crippen MR) is 172 cm³/mol. The van der Waals surface area contributed by atoms with E-state index in [0.717, 1.165) is 23.5 Å². The summed E-state index contributed by atoms with van der Waals surface area (Å²) in [4.78, 5) is 33.5. The third-order valence-electron chi connectivity index (χ3n) is 9.03. The maximum Gasteiger partial charge on any atom is 0.229 e. The molecular formula is C32H40ClN7O2Si. The number of pyridine rings is 2. The lowest BCUT2D eigenvalue weighted by molar-refractivity contribution is -0.117. The molecule has 226 valence electrons. The van der Waals surface area contributed by atoms with Crippen molar-refractivity contribution in [1.82, 2.24) is 24.3 Å². The molecule has 1 N–H and O–H groups in total. The molecule has 9 nitrogen and oxygen atoms in total. The van der Waals surface area contributed by atoms with Gasteiger partial charge in [-0.3, -0.25) is 9.78 Å². The number of imidazole rings is 1. The van der Waals surface area contributed by atoms with E-state index in [0.29, 0.717) is 42.3 Å². The summed E-state index contributed by atoms with van der Waals surface area (Å²) in [7, 11) is -1.93. The van der Waals surface area contributed by atoms with Gasteiger partial charge in [0.05, 0.1) is 18.8 Å². The average molecular weight is 618 g/mol. The van der Waals surface area contributed by atoms with Gasteiger partial charge < -0.3 is 19.0 Å². The Morgan fingerprint density at radius 2 is 1.95 bits per heavy atom. The first kappa shape index (κ1) is 29.7. The molecule has 0 aromatic carbocycles. The van der Waals surface area contributed by atoms with E-state index < -0.39 is 8.32 Å². The number of halogens is 1. The van der Waals surface area contributed by atoms with Crippen LogP contribution in [0.4, 0.5) is 11.6 Å². The molecule has 2 saturated carbocycles. The zero-order valence-electron chi connectivity index (χ0n) is 25.5. The van der Waals surface area contributed by atoms with Gasteiger partial charge in [-0.05, 0) is 67.1 Å². The van der Waals surface area contributed by atoms with Crippen molar-refractivity contribution in [2.45, 2.75) is 76.5 Å². The Bertz CT molecular complexity index is 1630. The van der Waals surface area contributed by atoms with Crippen molar-refractivity contribution in [3.05, 3.63) is 77.2 Å². The number of anilines is 2. The van der Waals surface area contributed by atoms with Crippen LogP contribution in [0.2, 0.25) is 23.2 Å². The third-order valence-corrected chi connectivity index (χ3v) is 13.8. The SMILES string of the molecule is CC(C)(C)[Si](C)(C)OCCN(Cc1cn2cc(C3CC3)ccc2n1)c1cc(NC(=O)[C@H]2C[C@@H]2c2cc(Cl)ccn2)ncn1. The lowest BCUT2D eigenvalue weighted by Gasteiger charge is -2.37. The molecule has 1 amide bonds. The first-order valence-electron chi connectivity index (χ1n) is 15.1. The summed E-state index contributed by atoms with van der Waals surface area (Å²) in [5.74, 6) is 1.71. The highest BCUT2D eigenvalue weighted by atomic mass is 35.5. The van der Waals surface area contributed by atoms with Crippen LogP contribution in [0.1, 0.15) is 68.8 Å². The highest BCUT2D eigenvalue weighted by molar-refractivity contribution is 6.74. The van der Waals surface area contributed by atoms with Crippen molar-refractivity contribution in [2.75, 3.05) is 23.4 Å². The second kappa shape index (κ2) is 11.6. The highest BCUT2D eigenvalue weighted by Crippen LogP contribution is 2.47. The van der Waals surface area contributed by atoms with Crippen molar-refractivity contribution >= 4 is 43.1 Å². The number of hydrogen-bond acceptors (Lipinski definition) is 7. The van der Waals surface area contributed by atoms with Gasteiger partial charge in [0.25, 0.3) is 0 Å². The normalized spacial score (nSPS) is 18.6. The molecule has 4 aromatic heterocycles. The Hall–Kier alpha value is -3.34. The molecule has 0 bridgehead atoms. The van der Waals surface area contributed by atoms with E-state index in [1.807, 2.05) is 12.1 Å². The largest absolute Gasteiger partial charge is 0.415 e. The maximum absolute atomic E-state index is 13.1. The molecule has 11 heteroatoms. The molecule has 43 heavy (non-hydrogen) atoms. The topological polar surface area (TPSA) is 97.5 Å². The zero-order valence-corrected chi connectivity index (χ0v) is 27.3. The molecule has 4 heterocycles. The minimum absolute atomic E-state index is 0.0690. The maximum atomic E-state index is 13.1. The van der Waals surface area contributed by atoms with Gasteiger partial charge in [-0.15, -0.1) is 0 Å². The molecule has 4 aromatic rings. The fraction of sp³-hybridized carbons (Fsp3) is 0.469. The fourth-order valence-electron chi connectivity index (χ4n) is 5.14. The minimum atomic E-state index is -1.93. The molecule has 2 atom stereocenters. The third kappa shape index (κ3) is 6.92. The molecular weight excluding hydrogens is 578 g/mol. The number of aromatic nitrogens is 5. The van der Waals surface area contributed by atoms with Gasteiger partial charge in [0.15, 0.2) is 8.32 Å². The van der Waals surface area contributed by atoms with Gasteiger partial charge in [-0.25, -0.2) is 15.0 Å². The summed E-state index contributed by atoms with van der Waals surface area (Å²) in [5.41, 5.74) is 4.09. The molecule has 2 aliphatic rings. The summed E-state index contributed by atoms with van der Waals surface area (Å²) in [6.45, 7) is 13.0. The molecule has 2 aliphatic carbocycles. The Morgan fingerprint density at radius 3 is 2.70 bits per heavy atom. The van der Waals surface area contributed by atoms with E-state index in [2.05, 4.69) is 88.0 Å². The fourth-order valence-corrected chi connectivity index (χ4v) is 6.34. The smallest absolute Gasteiger partial charge is 0.229 e. The molecule has 0 unspecified atom stereocenters. The molecule has 6 rings (SSSR count). The Balaban J connectivity index is 1.18. The number of fused-ring (bicyclic) bond motifs is 1. The summed E-state index contributed by atoms with van der Waals surface area (Å²) < 4.78 is 8.66. The van der Waals surface area contributed by atoms with E-state index in [1.165, 1.54) is 24.7 Å². The van der Waals surface area contributed by atoms with Gasteiger partial charge in [-0.2, -0.15) is 0 Å². The van der Waals surface area contributed by atoms with Crippen LogP contribution < -0.4 is 10.2 Å². The van der Waals surface area contributed by atoms with E-state index in [-0.39, 0.29) is 22.8 Å². The van der Waals surface area contributed by atoms with E-state index in [9.17, 15) is 4.79 Å². The summed E-state index contributed by atoms with van der Waals surface area (Å²) in [6, 6.07) is 9.70. The number of hydrogen-bond donors (Lipinski definition) is 1. The Labute approximate surface area is 259 Å². The quantitative estimate of drug-likeness (QED) is 0.184. The monoisotopic (exact) mass is 617 g/mol. The highest BCUT2D eigenvalue weighted by Gasteiger charge is 2.45. The van der Waals surface area contributed by atoms with Crippen LogP contribution in [0.25, 0.3) is 5.65 Å². The van der Waals surface area contributed by atoms with Crippen LogP contribution in [-0.4, -0.2) is 51.7 Å². The van der Waals surface area contributed by atoms with Gasteiger partial charge in [0.1, 0.15) is 23.6 Å². The van der Waals surface area contributed by atoms with Crippen molar-refractivity contribution in [3.8, 4) is 0 Å². The second-order valence-corrected chi connectivity index (χ2v) is 18.6. The lowest BCUT2D eigenvalue weighted by atomic mass is 10.2. The first-order chi connectivity index (χ1) is 20.5. The zero-order chi connectivity index (χ0) is 30.4. The van der Waals surface area contributed by atoms with Gasteiger partial charge in [-0.1, -0.05) is 38.4 Å². The number of nitrogens with one attached hydrogen (secondary N) is 1. The number of nitrogens with zero attached hydrogens (tertiary/aromatic N) is 6. The molecule has 2 fully saturated rings. The van der Waals surface area contributed by atoms with Crippen molar-refractivity contribution < 1.29 is 9.22 Å². The molecule has 0 aliphatic heterocycles. The second-order valence-electron chi connectivity index (χ2n) is 13.4. The summed E-state index contributed by atoms with van der Waals surface area (Å²) in [6.07, 6.45) is 10.8. The van der Waals surface area contributed by atoms with E-state index >= 15 is 0 Å². The van der Waals surface area contributed by atoms with Gasteiger partial charge >= 0.3 is 0 Å². The van der Waals surface area contributed by atoms with Crippen LogP contribution in [0, 0.1) is 5.92 Å². The summed E-state index contributed by atoms with van der Waals surface area (Å²) in [5, 5.41) is 3.75. The Kier molecular flexibility index (Phi) is 8.04. The first-order valence-corrected chi connectivity index (χ1v) is 18.4. The standard InChI is InChI=1S/C32H40ClN7O2Si/c1-32(2,3)43(4,5)42-13-12-39(18-24-19-40-17-22(21-6-7-21)8-9-29(40)37-24)30-16-28(35-20-36-30)38-31(41)26-15-25(26)27-14-23(33)10-11-34-27/h8-11,14,16-17,19-21,25-26H,6-7,12-13,15,18H2,1-5H3,(H,35,36,38,41)/t25-,26-/m0/s1. The van der Waals surface area contributed by atoms with Crippen LogP contribution in [-0.2, 0) is 15.8 Å². The predicted octanol–water partition coefficient (Wildman–Crippen LogP) is 6.82. The van der Waals surface area contributed by atoms with Gasteiger partial charge in [0, 0.05) is 53.8 Å². The van der Waals surface area contributed by atoms with Gasteiger partial charge in [0.2, 0.25) is 5.91 Å². The lowest BCUT2D eigenvalue weighted by Crippen LogP contribution is -2.42. The Morgan fingerprint density at radius 1 is 1.14 bits per heavy atom. The molecule has 0 saturated heterocycles. The van der Waals surface area contributed by atoms with Crippen LogP contribution in [0.15, 0.2) is 55.2 Å². The number of amides is 1. The minimum Gasteiger partial charge on any atom is -0.415 e. The van der Waals surface area contributed by atoms with Crippen molar-refractivity contribution in [2.24, 2.45) is 5.92 Å².